The van der Waals surface area contributed by atoms with Crippen LogP contribution in [0.4, 0.5) is 0 Å². The number of hydrogen-bond donors (Lipinski definition) is 1. The van der Waals surface area contributed by atoms with E-state index in [-0.39, 0.29) is 0 Å². The molecule has 3 atom stereocenters. The second-order valence-corrected chi connectivity index (χ2v) is 8.59. The van der Waals surface area contributed by atoms with E-state index in [0.29, 0.717) is 5.92 Å². The molecule has 2 aliphatic carbocycles. The molecular weight excluding hydrogens is 276 g/mol. The first-order valence-electron chi connectivity index (χ1n) is 8.86. The van der Waals surface area contributed by atoms with Crippen LogP contribution in [0.2, 0.25) is 0 Å². The van der Waals surface area contributed by atoms with Gasteiger partial charge in [0.25, 0.3) is 0 Å². The molecule has 3 unspecified atom stereocenters. The van der Waals surface area contributed by atoms with E-state index in [9.17, 15) is 0 Å². The standard InChI is InChI=1S/C18H30N2S/c1-4-7-19-11-17-16(8-12(2)3)20-18(21-17)15-10-13-5-6-14(15)9-13/h12-15,19H,4-11H2,1-3H3. The lowest BCUT2D eigenvalue weighted by Gasteiger charge is -2.18. The molecule has 118 valence electrons. The minimum atomic E-state index is 0.699. The molecule has 1 aromatic heterocycles. The molecule has 3 heteroatoms. The Bertz CT molecular complexity index is 466. The topological polar surface area (TPSA) is 24.9 Å². The summed E-state index contributed by atoms with van der Waals surface area (Å²) < 4.78 is 0. The van der Waals surface area contributed by atoms with E-state index >= 15 is 0 Å². The van der Waals surface area contributed by atoms with E-state index in [1.165, 1.54) is 47.7 Å². The third kappa shape index (κ3) is 3.50. The molecule has 2 bridgehead atoms. The lowest BCUT2D eigenvalue weighted by atomic mass is 9.89. The van der Waals surface area contributed by atoms with Crippen molar-refractivity contribution in [2.75, 3.05) is 6.54 Å². The van der Waals surface area contributed by atoms with E-state index in [0.717, 1.165) is 37.3 Å². The molecule has 2 nitrogen and oxygen atoms in total. The summed E-state index contributed by atoms with van der Waals surface area (Å²) in [5.74, 6) is 3.45. The molecule has 2 aliphatic rings. The lowest BCUT2D eigenvalue weighted by Crippen LogP contribution is -2.14. The van der Waals surface area contributed by atoms with Gasteiger partial charge in [-0.25, -0.2) is 4.98 Å². The van der Waals surface area contributed by atoms with Crippen molar-refractivity contribution in [1.82, 2.24) is 10.3 Å². The maximum Gasteiger partial charge on any atom is 0.0965 e. The summed E-state index contributed by atoms with van der Waals surface area (Å²) in [6.07, 6.45) is 8.18. The smallest absolute Gasteiger partial charge is 0.0965 e. The number of aromatic nitrogens is 1. The van der Waals surface area contributed by atoms with Gasteiger partial charge in [-0.2, -0.15) is 0 Å². The van der Waals surface area contributed by atoms with Crippen LogP contribution in [-0.4, -0.2) is 11.5 Å². The zero-order valence-corrected chi connectivity index (χ0v) is 14.6. The largest absolute Gasteiger partial charge is 0.312 e. The molecule has 21 heavy (non-hydrogen) atoms. The van der Waals surface area contributed by atoms with Crippen LogP contribution in [-0.2, 0) is 13.0 Å². The molecule has 0 radical (unpaired) electrons. The van der Waals surface area contributed by atoms with Gasteiger partial charge in [-0.3, -0.25) is 0 Å². The lowest BCUT2D eigenvalue weighted by molar-refractivity contribution is 0.418. The highest BCUT2D eigenvalue weighted by Crippen LogP contribution is 2.53. The second-order valence-electron chi connectivity index (χ2n) is 7.48. The van der Waals surface area contributed by atoms with Gasteiger partial charge in [-0.15, -0.1) is 11.3 Å². The summed E-state index contributed by atoms with van der Waals surface area (Å²) in [6.45, 7) is 8.98. The third-order valence-corrected chi connectivity index (χ3v) is 6.39. The van der Waals surface area contributed by atoms with E-state index in [1.807, 2.05) is 11.3 Å². The molecule has 3 rings (SSSR count). The monoisotopic (exact) mass is 306 g/mol. The molecule has 0 aromatic carbocycles. The van der Waals surface area contributed by atoms with Crippen LogP contribution in [0.1, 0.15) is 74.4 Å². The Labute approximate surface area is 133 Å². The van der Waals surface area contributed by atoms with E-state index in [2.05, 4.69) is 26.1 Å². The first-order valence-corrected chi connectivity index (χ1v) is 9.68. The van der Waals surface area contributed by atoms with Gasteiger partial charge < -0.3 is 5.32 Å². The van der Waals surface area contributed by atoms with Gasteiger partial charge in [-0.1, -0.05) is 27.2 Å². The zero-order valence-electron chi connectivity index (χ0n) is 13.8. The first kappa shape index (κ1) is 15.5. The van der Waals surface area contributed by atoms with Crippen LogP contribution in [0.5, 0.6) is 0 Å². The van der Waals surface area contributed by atoms with Crippen molar-refractivity contribution in [2.45, 2.75) is 71.8 Å². The van der Waals surface area contributed by atoms with Gasteiger partial charge >= 0.3 is 0 Å². The average molecular weight is 307 g/mol. The Kier molecular flexibility index (Phi) is 5.00. The fourth-order valence-electron chi connectivity index (χ4n) is 4.17. The molecule has 1 aromatic rings. The number of fused-ring (bicyclic) bond motifs is 2. The summed E-state index contributed by atoms with van der Waals surface area (Å²) in [5.41, 5.74) is 1.39. The van der Waals surface area contributed by atoms with Crippen molar-refractivity contribution in [3.05, 3.63) is 15.6 Å². The van der Waals surface area contributed by atoms with Gasteiger partial charge in [0.2, 0.25) is 0 Å². The number of nitrogens with one attached hydrogen (secondary N) is 1. The first-order chi connectivity index (χ1) is 10.2. The Morgan fingerprint density at radius 1 is 1.29 bits per heavy atom. The Balaban J connectivity index is 1.74. The van der Waals surface area contributed by atoms with Crippen molar-refractivity contribution >= 4 is 11.3 Å². The fraction of sp³-hybridized carbons (Fsp3) is 0.833. The molecule has 0 amide bonds. The highest BCUT2D eigenvalue weighted by molar-refractivity contribution is 7.11. The molecule has 0 aliphatic heterocycles. The second kappa shape index (κ2) is 6.78. The summed E-state index contributed by atoms with van der Waals surface area (Å²) in [6, 6.07) is 0. The van der Waals surface area contributed by atoms with Crippen LogP contribution in [0, 0.1) is 17.8 Å². The maximum absolute atomic E-state index is 5.11. The fourth-order valence-corrected chi connectivity index (χ4v) is 5.44. The van der Waals surface area contributed by atoms with Crippen LogP contribution < -0.4 is 5.32 Å². The highest BCUT2D eigenvalue weighted by Gasteiger charge is 2.41. The van der Waals surface area contributed by atoms with Crippen molar-refractivity contribution in [2.24, 2.45) is 17.8 Å². The van der Waals surface area contributed by atoms with Crippen LogP contribution in [0.25, 0.3) is 0 Å². The molecular formula is C18H30N2S. The zero-order chi connectivity index (χ0) is 14.8. The summed E-state index contributed by atoms with van der Waals surface area (Å²) in [5, 5.41) is 5.04. The van der Waals surface area contributed by atoms with Gasteiger partial charge in [0, 0.05) is 17.3 Å². The summed E-state index contributed by atoms with van der Waals surface area (Å²) >= 11 is 2.02. The molecule has 0 spiro atoms. The predicted molar refractivity (Wildman–Crippen MR) is 90.8 cm³/mol. The molecule has 2 fully saturated rings. The van der Waals surface area contributed by atoms with Crippen LogP contribution >= 0.6 is 11.3 Å². The van der Waals surface area contributed by atoms with Crippen molar-refractivity contribution in [1.29, 1.82) is 0 Å². The van der Waals surface area contributed by atoms with E-state index in [1.54, 1.807) is 0 Å². The normalized spacial score (nSPS) is 27.9. The molecule has 1 N–H and O–H groups in total. The molecule has 2 saturated carbocycles. The SMILES string of the molecule is CCCNCc1sc(C2CC3CCC2C3)nc1CC(C)C. The number of rotatable bonds is 7. The maximum atomic E-state index is 5.11. The number of hydrogen-bond acceptors (Lipinski definition) is 3. The minimum Gasteiger partial charge on any atom is -0.312 e. The van der Waals surface area contributed by atoms with Gasteiger partial charge in [0.15, 0.2) is 0 Å². The van der Waals surface area contributed by atoms with Crippen LogP contribution in [0.15, 0.2) is 0 Å². The van der Waals surface area contributed by atoms with E-state index < -0.39 is 0 Å². The Morgan fingerprint density at radius 2 is 2.14 bits per heavy atom. The van der Waals surface area contributed by atoms with Crippen LogP contribution in [0.3, 0.4) is 0 Å². The summed E-state index contributed by atoms with van der Waals surface area (Å²) in [4.78, 5) is 6.62. The summed E-state index contributed by atoms with van der Waals surface area (Å²) in [7, 11) is 0. The van der Waals surface area contributed by atoms with Gasteiger partial charge in [-0.05, 0) is 56.4 Å². The molecule has 0 saturated heterocycles. The van der Waals surface area contributed by atoms with Crippen molar-refractivity contribution in [3.63, 3.8) is 0 Å². The number of thiazole rings is 1. The minimum absolute atomic E-state index is 0.699. The Hall–Kier alpha value is -0.410. The van der Waals surface area contributed by atoms with E-state index in [4.69, 9.17) is 4.98 Å². The average Bonchev–Trinajstić information content (AvgIpc) is 3.14. The van der Waals surface area contributed by atoms with Crippen molar-refractivity contribution < 1.29 is 0 Å². The highest BCUT2D eigenvalue weighted by atomic mass is 32.1. The van der Waals surface area contributed by atoms with Gasteiger partial charge in [0.05, 0.1) is 10.7 Å². The molecule has 1 heterocycles. The van der Waals surface area contributed by atoms with Gasteiger partial charge in [0.1, 0.15) is 0 Å². The predicted octanol–water partition coefficient (Wildman–Crippen LogP) is 4.74. The third-order valence-electron chi connectivity index (χ3n) is 5.16. The van der Waals surface area contributed by atoms with Crippen molar-refractivity contribution in [3.8, 4) is 0 Å². The number of nitrogens with zero attached hydrogens (tertiary/aromatic N) is 1. The Morgan fingerprint density at radius 3 is 2.76 bits per heavy atom. The quantitative estimate of drug-likeness (QED) is 0.736.